The summed E-state index contributed by atoms with van der Waals surface area (Å²) in [6.45, 7) is 0. The molecule has 0 radical (unpaired) electrons. The van der Waals surface area contributed by atoms with Crippen molar-refractivity contribution in [3.63, 3.8) is 0 Å². The molecule has 0 amide bonds. The average molecular weight is 407 g/mol. The van der Waals surface area contributed by atoms with Gasteiger partial charge in [0.25, 0.3) is 0 Å². The van der Waals surface area contributed by atoms with Crippen LogP contribution in [0.5, 0.6) is 0 Å². The summed E-state index contributed by atoms with van der Waals surface area (Å²) < 4.78 is 0. The monoisotopic (exact) mass is 406 g/mol. The largest absolute Gasteiger partial charge is 0.480 e. The van der Waals surface area contributed by atoms with Crippen molar-refractivity contribution in [2.24, 2.45) is 0 Å². The molecule has 6 heteroatoms. The van der Waals surface area contributed by atoms with Crippen LogP contribution in [0.4, 0.5) is 0 Å². The molecule has 0 saturated carbocycles. The zero-order valence-corrected chi connectivity index (χ0v) is 16.2. The molecule has 0 saturated heterocycles. The minimum atomic E-state index is -0.913. The van der Waals surface area contributed by atoms with E-state index < -0.39 is 11.2 Å². The van der Waals surface area contributed by atoms with Gasteiger partial charge in [-0.2, -0.15) is 0 Å². The minimum absolute atomic E-state index is 0.588. The van der Waals surface area contributed by atoms with Crippen LogP contribution < -0.4 is 0 Å². The summed E-state index contributed by atoms with van der Waals surface area (Å²) in [6, 6.07) is 24.3. The first-order valence-corrected chi connectivity index (χ1v) is 9.85. The second-order valence-corrected chi connectivity index (χ2v) is 7.68. The summed E-state index contributed by atoms with van der Waals surface area (Å²) in [7, 11) is 0. The van der Waals surface area contributed by atoms with Crippen LogP contribution in [0.25, 0.3) is 22.0 Å². The fraction of sp³-hybridized carbons (Fsp3) is 0.0455. The Labute approximate surface area is 171 Å². The Morgan fingerprint density at radius 3 is 2.18 bits per heavy atom. The van der Waals surface area contributed by atoms with Crippen molar-refractivity contribution in [3.05, 3.63) is 89.4 Å². The molecule has 1 aromatic heterocycles. The highest BCUT2D eigenvalue weighted by atomic mass is 35.5. The standard InChI is InChI=1S/C22H15ClN2O2S/c23-16-12-10-14(11-13-16)19-17-8-4-5-9-18(17)21(25-24-19)28-20(22(26)27)15-6-2-1-3-7-15/h1-13,20H,(H,26,27)/t20-/m1/s1. The van der Waals surface area contributed by atoms with Crippen LogP contribution in [0.2, 0.25) is 5.02 Å². The normalized spacial score (nSPS) is 12.0. The third-order valence-electron chi connectivity index (χ3n) is 4.33. The van der Waals surface area contributed by atoms with Crippen molar-refractivity contribution in [2.75, 3.05) is 0 Å². The van der Waals surface area contributed by atoms with E-state index in [2.05, 4.69) is 10.2 Å². The van der Waals surface area contributed by atoms with Crippen molar-refractivity contribution >= 4 is 40.1 Å². The zero-order chi connectivity index (χ0) is 19.5. The molecule has 4 aromatic rings. The summed E-state index contributed by atoms with van der Waals surface area (Å²) in [6.07, 6.45) is 0. The summed E-state index contributed by atoms with van der Waals surface area (Å²) >= 11 is 7.18. The molecule has 1 atom stereocenters. The molecule has 4 nitrogen and oxygen atoms in total. The van der Waals surface area contributed by atoms with Crippen LogP contribution in [-0.4, -0.2) is 21.3 Å². The van der Waals surface area contributed by atoms with E-state index in [-0.39, 0.29) is 0 Å². The first-order chi connectivity index (χ1) is 13.6. The van der Waals surface area contributed by atoms with Crippen molar-refractivity contribution in [1.29, 1.82) is 0 Å². The summed E-state index contributed by atoms with van der Waals surface area (Å²) in [5.41, 5.74) is 2.36. The van der Waals surface area contributed by atoms with E-state index in [9.17, 15) is 9.90 Å². The van der Waals surface area contributed by atoms with Crippen LogP contribution in [0, 0.1) is 0 Å². The maximum atomic E-state index is 11.9. The number of hydrogen-bond donors (Lipinski definition) is 1. The van der Waals surface area contributed by atoms with Gasteiger partial charge in [0, 0.05) is 21.4 Å². The van der Waals surface area contributed by atoms with Crippen LogP contribution in [0.1, 0.15) is 10.8 Å². The van der Waals surface area contributed by atoms with Gasteiger partial charge in [-0.15, -0.1) is 10.2 Å². The number of thioether (sulfide) groups is 1. The Kier molecular flexibility index (Phi) is 5.28. The molecule has 0 fully saturated rings. The topological polar surface area (TPSA) is 63.1 Å². The summed E-state index contributed by atoms with van der Waals surface area (Å²) in [4.78, 5) is 11.9. The van der Waals surface area contributed by atoms with Gasteiger partial charge in [0.1, 0.15) is 16.0 Å². The number of halogens is 1. The molecule has 3 aromatic carbocycles. The number of aliphatic carboxylic acids is 1. The number of aromatic nitrogens is 2. The van der Waals surface area contributed by atoms with Gasteiger partial charge < -0.3 is 5.11 Å². The van der Waals surface area contributed by atoms with E-state index >= 15 is 0 Å². The van der Waals surface area contributed by atoms with Gasteiger partial charge in [-0.1, -0.05) is 90.1 Å². The molecule has 0 aliphatic rings. The van der Waals surface area contributed by atoms with Crippen LogP contribution >= 0.6 is 23.4 Å². The van der Waals surface area contributed by atoms with Gasteiger partial charge in [-0.25, -0.2) is 0 Å². The number of carboxylic acid groups (broad SMARTS) is 1. The van der Waals surface area contributed by atoms with Crippen molar-refractivity contribution < 1.29 is 9.90 Å². The number of fused-ring (bicyclic) bond motifs is 1. The van der Waals surface area contributed by atoms with Crippen LogP contribution in [0.15, 0.2) is 83.9 Å². The van der Waals surface area contributed by atoms with Gasteiger partial charge in [-0.05, 0) is 17.7 Å². The molecular formula is C22H15ClN2O2S. The second-order valence-electron chi connectivity index (χ2n) is 6.15. The molecule has 4 rings (SSSR count). The van der Waals surface area contributed by atoms with Crippen molar-refractivity contribution in [3.8, 4) is 11.3 Å². The Bertz CT molecular complexity index is 1130. The molecule has 1 heterocycles. The van der Waals surface area contributed by atoms with Gasteiger partial charge in [-0.3, -0.25) is 4.79 Å². The molecule has 0 aliphatic carbocycles. The van der Waals surface area contributed by atoms with Crippen LogP contribution in [0.3, 0.4) is 0 Å². The van der Waals surface area contributed by atoms with Gasteiger partial charge in [0.2, 0.25) is 0 Å². The molecule has 0 unspecified atom stereocenters. The number of nitrogens with zero attached hydrogens (tertiary/aromatic N) is 2. The highest BCUT2D eigenvalue weighted by molar-refractivity contribution is 8.00. The fourth-order valence-electron chi connectivity index (χ4n) is 2.99. The number of rotatable bonds is 5. The Morgan fingerprint density at radius 1 is 0.857 bits per heavy atom. The predicted molar refractivity (Wildman–Crippen MR) is 113 cm³/mol. The van der Waals surface area contributed by atoms with Crippen molar-refractivity contribution in [2.45, 2.75) is 10.3 Å². The molecule has 28 heavy (non-hydrogen) atoms. The zero-order valence-electron chi connectivity index (χ0n) is 14.6. The van der Waals surface area contributed by atoms with Crippen molar-refractivity contribution in [1.82, 2.24) is 10.2 Å². The van der Waals surface area contributed by atoms with E-state index in [1.807, 2.05) is 78.9 Å². The third kappa shape index (κ3) is 3.72. The second kappa shape index (κ2) is 8.00. The molecule has 1 N–H and O–H groups in total. The number of hydrogen-bond acceptors (Lipinski definition) is 4. The maximum Gasteiger partial charge on any atom is 0.321 e. The number of benzene rings is 3. The first kappa shape index (κ1) is 18.5. The maximum absolute atomic E-state index is 11.9. The SMILES string of the molecule is O=C(O)[C@H](Sc1nnc(-c2ccc(Cl)cc2)c2ccccc12)c1ccccc1. The number of carboxylic acids is 1. The predicted octanol–water partition coefficient (Wildman–Crippen LogP) is 5.87. The molecule has 138 valence electrons. The number of carbonyl (C=O) groups is 1. The van der Waals surface area contributed by atoms with E-state index in [4.69, 9.17) is 11.6 Å². The summed E-state index contributed by atoms with van der Waals surface area (Å²) in [5, 5.41) is 20.8. The highest BCUT2D eigenvalue weighted by Crippen LogP contribution is 2.39. The average Bonchev–Trinajstić information content (AvgIpc) is 2.73. The molecule has 0 bridgehead atoms. The Hall–Kier alpha value is -2.89. The van der Waals surface area contributed by atoms with Gasteiger partial charge in [0.05, 0.1) is 0 Å². The lowest BCUT2D eigenvalue weighted by Gasteiger charge is -2.14. The fourth-order valence-corrected chi connectivity index (χ4v) is 4.12. The lowest BCUT2D eigenvalue weighted by molar-refractivity contribution is -0.136. The quantitative estimate of drug-likeness (QED) is 0.420. The first-order valence-electron chi connectivity index (χ1n) is 8.59. The lowest BCUT2D eigenvalue weighted by Crippen LogP contribution is -2.08. The Morgan fingerprint density at radius 2 is 1.50 bits per heavy atom. The third-order valence-corrected chi connectivity index (χ3v) is 5.81. The van der Waals surface area contributed by atoms with E-state index in [1.165, 1.54) is 11.8 Å². The molecule has 0 aliphatic heterocycles. The minimum Gasteiger partial charge on any atom is -0.480 e. The molecular weight excluding hydrogens is 392 g/mol. The lowest BCUT2D eigenvalue weighted by atomic mass is 10.1. The van der Waals surface area contributed by atoms with E-state index in [1.54, 1.807) is 0 Å². The Balaban J connectivity index is 1.79. The van der Waals surface area contributed by atoms with E-state index in [0.717, 1.165) is 22.0 Å². The molecule has 0 spiro atoms. The smallest absolute Gasteiger partial charge is 0.321 e. The van der Waals surface area contributed by atoms with E-state index in [0.29, 0.717) is 15.6 Å². The van der Waals surface area contributed by atoms with Gasteiger partial charge in [0.15, 0.2) is 0 Å². The van der Waals surface area contributed by atoms with Gasteiger partial charge >= 0.3 is 5.97 Å². The summed E-state index contributed by atoms with van der Waals surface area (Å²) in [5.74, 6) is -0.913. The highest BCUT2D eigenvalue weighted by Gasteiger charge is 2.23. The van der Waals surface area contributed by atoms with Crippen LogP contribution in [-0.2, 0) is 4.79 Å².